The number of piperidine rings is 1. The van der Waals surface area contributed by atoms with E-state index in [9.17, 15) is 4.21 Å². The summed E-state index contributed by atoms with van der Waals surface area (Å²) in [5.41, 5.74) is 1.07. The molecule has 0 saturated carbocycles. The first-order chi connectivity index (χ1) is 8.22. The Morgan fingerprint density at radius 2 is 1.94 bits per heavy atom. The second-order valence-corrected chi connectivity index (χ2v) is 5.68. The normalized spacial score (nSPS) is 17.9. The zero-order valence-corrected chi connectivity index (χ0v) is 11.3. The monoisotopic (exact) mass is 253 g/mol. The number of hydrogen-bond donors (Lipinski definition) is 0. The highest BCUT2D eigenvalue weighted by Gasteiger charge is 2.16. The molecule has 1 fully saturated rings. The number of ether oxygens (including phenoxy) is 1. The van der Waals surface area contributed by atoms with E-state index in [1.807, 2.05) is 18.2 Å². The third-order valence-electron chi connectivity index (χ3n) is 3.17. The number of hydrogen-bond acceptors (Lipinski definition) is 3. The van der Waals surface area contributed by atoms with Crippen LogP contribution in [0, 0.1) is 0 Å². The van der Waals surface area contributed by atoms with Crippen molar-refractivity contribution in [2.45, 2.75) is 24.2 Å². The van der Waals surface area contributed by atoms with E-state index >= 15 is 0 Å². The zero-order chi connectivity index (χ0) is 12.3. The van der Waals surface area contributed by atoms with Crippen LogP contribution in [0.5, 0.6) is 5.75 Å². The van der Waals surface area contributed by atoms with E-state index in [-0.39, 0.29) is 0 Å². The summed E-state index contributed by atoms with van der Waals surface area (Å²) >= 11 is 0. The van der Waals surface area contributed by atoms with Crippen LogP contribution in [0.2, 0.25) is 0 Å². The highest BCUT2D eigenvalue weighted by Crippen LogP contribution is 2.30. The molecule has 1 aromatic carbocycles. The zero-order valence-electron chi connectivity index (χ0n) is 10.4. The molecule has 1 unspecified atom stereocenters. The van der Waals surface area contributed by atoms with Gasteiger partial charge < -0.3 is 9.64 Å². The lowest BCUT2D eigenvalue weighted by atomic mass is 10.1. The predicted molar refractivity (Wildman–Crippen MR) is 71.4 cm³/mol. The van der Waals surface area contributed by atoms with Gasteiger partial charge in [-0.3, -0.25) is 4.21 Å². The molecule has 0 spiro atoms. The molecule has 1 aliphatic heterocycles. The molecule has 0 aromatic heterocycles. The lowest BCUT2D eigenvalue weighted by Crippen LogP contribution is -2.30. The van der Waals surface area contributed by atoms with E-state index < -0.39 is 10.8 Å². The Morgan fingerprint density at radius 3 is 2.53 bits per heavy atom. The van der Waals surface area contributed by atoms with Gasteiger partial charge in [-0.1, -0.05) is 0 Å². The Morgan fingerprint density at radius 1 is 1.24 bits per heavy atom. The molecular formula is C13H19NO2S. The molecule has 1 aromatic rings. The van der Waals surface area contributed by atoms with Crippen molar-refractivity contribution >= 4 is 16.5 Å². The van der Waals surface area contributed by atoms with Gasteiger partial charge in [0.1, 0.15) is 5.75 Å². The lowest BCUT2D eigenvalue weighted by Gasteiger charge is -2.30. The Balaban J connectivity index is 2.36. The standard InChI is InChI=1S/C13H19NO2S/c1-16-11-6-7-13(17(2)15)12(10-11)14-8-4-3-5-9-14/h6-7,10H,3-5,8-9H2,1-2H3. The molecular weight excluding hydrogens is 234 g/mol. The fourth-order valence-corrected chi connectivity index (χ4v) is 2.99. The first kappa shape index (κ1) is 12.4. The number of nitrogens with zero attached hydrogens (tertiary/aromatic N) is 1. The van der Waals surface area contributed by atoms with Crippen LogP contribution >= 0.6 is 0 Å². The van der Waals surface area contributed by atoms with E-state index in [0.29, 0.717) is 0 Å². The minimum Gasteiger partial charge on any atom is -0.497 e. The van der Waals surface area contributed by atoms with Crippen LogP contribution in [0.3, 0.4) is 0 Å². The predicted octanol–water partition coefficient (Wildman–Crippen LogP) is 2.42. The van der Waals surface area contributed by atoms with Gasteiger partial charge in [0.15, 0.2) is 0 Å². The fourth-order valence-electron chi connectivity index (χ4n) is 2.25. The van der Waals surface area contributed by atoms with Gasteiger partial charge >= 0.3 is 0 Å². The lowest BCUT2D eigenvalue weighted by molar-refractivity contribution is 0.414. The molecule has 1 saturated heterocycles. The highest BCUT2D eigenvalue weighted by molar-refractivity contribution is 7.84. The molecule has 1 atom stereocenters. The molecule has 0 amide bonds. The number of rotatable bonds is 3. The van der Waals surface area contributed by atoms with Crippen LogP contribution in [0.15, 0.2) is 23.1 Å². The van der Waals surface area contributed by atoms with Gasteiger partial charge in [-0.05, 0) is 31.4 Å². The summed E-state index contributed by atoms with van der Waals surface area (Å²) in [5, 5.41) is 0. The molecule has 2 rings (SSSR count). The summed E-state index contributed by atoms with van der Waals surface area (Å²) in [6.45, 7) is 2.11. The maximum Gasteiger partial charge on any atom is 0.121 e. The van der Waals surface area contributed by atoms with Gasteiger partial charge in [0, 0.05) is 25.4 Å². The average Bonchev–Trinajstić information content (AvgIpc) is 2.39. The van der Waals surface area contributed by atoms with Crippen molar-refractivity contribution in [1.29, 1.82) is 0 Å². The van der Waals surface area contributed by atoms with Gasteiger partial charge in [0.25, 0.3) is 0 Å². The van der Waals surface area contributed by atoms with Gasteiger partial charge in [-0.25, -0.2) is 0 Å². The highest BCUT2D eigenvalue weighted by atomic mass is 32.2. The van der Waals surface area contributed by atoms with Crippen molar-refractivity contribution in [3.63, 3.8) is 0 Å². The smallest absolute Gasteiger partial charge is 0.121 e. The topological polar surface area (TPSA) is 29.5 Å². The summed E-state index contributed by atoms with van der Waals surface area (Å²) in [7, 11) is 0.715. The van der Waals surface area contributed by atoms with Crippen molar-refractivity contribution in [2.75, 3.05) is 31.4 Å². The Labute approximate surface area is 105 Å². The average molecular weight is 253 g/mol. The summed E-state index contributed by atoms with van der Waals surface area (Å²) in [6, 6.07) is 5.80. The van der Waals surface area contributed by atoms with Gasteiger partial charge in [-0.2, -0.15) is 0 Å². The maximum atomic E-state index is 11.8. The minimum absolute atomic E-state index is 0.833. The van der Waals surface area contributed by atoms with Crippen molar-refractivity contribution in [3.05, 3.63) is 18.2 Å². The van der Waals surface area contributed by atoms with Crippen LogP contribution in [0.4, 0.5) is 5.69 Å². The van der Waals surface area contributed by atoms with E-state index in [0.717, 1.165) is 29.4 Å². The van der Waals surface area contributed by atoms with Crippen LogP contribution in [0.25, 0.3) is 0 Å². The largest absolute Gasteiger partial charge is 0.497 e. The molecule has 0 aliphatic carbocycles. The molecule has 3 nitrogen and oxygen atoms in total. The van der Waals surface area contributed by atoms with Gasteiger partial charge in [0.2, 0.25) is 0 Å². The second kappa shape index (κ2) is 5.54. The fraction of sp³-hybridized carbons (Fsp3) is 0.538. The van der Waals surface area contributed by atoms with Crippen LogP contribution in [0.1, 0.15) is 19.3 Å². The van der Waals surface area contributed by atoms with Crippen LogP contribution in [-0.2, 0) is 10.8 Å². The summed E-state index contributed by atoms with van der Waals surface area (Å²) in [6.07, 6.45) is 5.46. The molecule has 94 valence electrons. The van der Waals surface area contributed by atoms with Gasteiger partial charge in [0.05, 0.1) is 28.5 Å². The van der Waals surface area contributed by atoms with Crippen molar-refractivity contribution in [1.82, 2.24) is 0 Å². The van der Waals surface area contributed by atoms with Crippen LogP contribution in [-0.4, -0.2) is 30.7 Å². The Hall–Kier alpha value is -1.03. The SMILES string of the molecule is COc1ccc(S(C)=O)c(N2CCCCC2)c1. The number of methoxy groups -OCH3 is 1. The summed E-state index contributed by atoms with van der Waals surface area (Å²) < 4.78 is 17.0. The quantitative estimate of drug-likeness (QED) is 0.828. The Bertz CT molecular complexity index is 414. The first-order valence-corrected chi connectivity index (χ1v) is 7.54. The molecule has 0 radical (unpaired) electrons. The Kier molecular flexibility index (Phi) is 4.05. The van der Waals surface area contributed by atoms with E-state index in [4.69, 9.17) is 4.74 Å². The number of anilines is 1. The van der Waals surface area contributed by atoms with Crippen molar-refractivity contribution < 1.29 is 8.95 Å². The molecule has 0 bridgehead atoms. The van der Waals surface area contributed by atoms with Crippen LogP contribution < -0.4 is 9.64 Å². The van der Waals surface area contributed by atoms with Crippen molar-refractivity contribution in [3.8, 4) is 5.75 Å². The molecule has 1 heterocycles. The first-order valence-electron chi connectivity index (χ1n) is 5.99. The van der Waals surface area contributed by atoms with E-state index in [2.05, 4.69) is 4.90 Å². The third kappa shape index (κ3) is 2.80. The van der Waals surface area contributed by atoms with E-state index in [1.165, 1.54) is 19.3 Å². The van der Waals surface area contributed by atoms with Crippen molar-refractivity contribution in [2.24, 2.45) is 0 Å². The maximum absolute atomic E-state index is 11.8. The molecule has 0 N–H and O–H groups in total. The molecule has 1 aliphatic rings. The third-order valence-corrected chi connectivity index (χ3v) is 4.14. The number of benzene rings is 1. The molecule has 4 heteroatoms. The summed E-state index contributed by atoms with van der Waals surface area (Å²) in [5.74, 6) is 0.833. The van der Waals surface area contributed by atoms with Gasteiger partial charge in [-0.15, -0.1) is 0 Å². The second-order valence-electron chi connectivity index (χ2n) is 4.34. The van der Waals surface area contributed by atoms with E-state index in [1.54, 1.807) is 13.4 Å². The minimum atomic E-state index is -0.950. The summed E-state index contributed by atoms with van der Waals surface area (Å²) in [4.78, 5) is 3.23. The molecule has 17 heavy (non-hydrogen) atoms.